The van der Waals surface area contributed by atoms with Crippen LogP contribution in [0.25, 0.3) is 0 Å². The van der Waals surface area contributed by atoms with E-state index in [0.29, 0.717) is 10.6 Å². The number of nitriles is 1. The molecule has 0 spiro atoms. The summed E-state index contributed by atoms with van der Waals surface area (Å²) in [7, 11) is 0. The van der Waals surface area contributed by atoms with Gasteiger partial charge in [0.25, 0.3) is 5.91 Å². The molecule has 0 aliphatic rings. The highest BCUT2D eigenvalue weighted by Crippen LogP contribution is 2.24. The van der Waals surface area contributed by atoms with Gasteiger partial charge in [0, 0.05) is 0 Å². The Morgan fingerprint density at radius 2 is 2.38 bits per heavy atom. The number of pyridine rings is 1. The molecule has 0 saturated heterocycles. The maximum Gasteiger partial charge on any atom is 0.406 e. The minimum Gasteiger partial charge on any atom is -0.476 e. The van der Waals surface area contributed by atoms with Crippen LogP contribution >= 0.6 is 11.3 Å². The van der Waals surface area contributed by atoms with Crippen molar-refractivity contribution in [1.29, 1.82) is 5.26 Å². The van der Waals surface area contributed by atoms with Crippen molar-refractivity contribution in [2.75, 3.05) is 11.9 Å². The van der Waals surface area contributed by atoms with Gasteiger partial charge in [-0.25, -0.2) is 0 Å². The third-order valence-electron chi connectivity index (χ3n) is 2.32. The van der Waals surface area contributed by atoms with Gasteiger partial charge in [0.15, 0.2) is 6.61 Å². The van der Waals surface area contributed by atoms with Crippen molar-refractivity contribution in [1.82, 2.24) is 4.98 Å². The molecule has 2 heterocycles. The molecule has 0 saturated carbocycles. The number of anilines is 1. The predicted molar refractivity (Wildman–Crippen MR) is 74.1 cm³/mol. The van der Waals surface area contributed by atoms with Crippen LogP contribution in [-0.2, 0) is 4.79 Å². The Hall–Kier alpha value is -2.99. The minimum atomic E-state index is -0.694. The highest BCUT2D eigenvalue weighted by atomic mass is 32.1. The lowest BCUT2D eigenvalue weighted by Crippen LogP contribution is -2.20. The number of nitro groups is 1. The van der Waals surface area contributed by atoms with Gasteiger partial charge < -0.3 is 20.2 Å². The smallest absolute Gasteiger partial charge is 0.406 e. The van der Waals surface area contributed by atoms with Crippen molar-refractivity contribution in [2.45, 2.75) is 0 Å². The van der Waals surface area contributed by atoms with Crippen molar-refractivity contribution >= 4 is 28.1 Å². The predicted octanol–water partition coefficient (Wildman–Crippen LogP) is 1.94. The molecule has 8 nitrogen and oxygen atoms in total. The summed E-state index contributed by atoms with van der Waals surface area (Å²) < 4.78 is 5.09. The van der Waals surface area contributed by atoms with Gasteiger partial charge >= 0.3 is 5.82 Å². The Balaban J connectivity index is 1.99. The average molecular weight is 304 g/mol. The van der Waals surface area contributed by atoms with Crippen LogP contribution < -0.4 is 10.1 Å². The standard InChI is InChI=1S/C12H8N4O4S/c13-6-8-3-5-21-12(8)15-10(17)7-20-9-2-1-4-14-11(9)16(18)19/h1-5H,7H2,(H,15,17). The summed E-state index contributed by atoms with van der Waals surface area (Å²) in [5.41, 5.74) is 0.348. The van der Waals surface area contributed by atoms with E-state index in [9.17, 15) is 14.9 Å². The lowest BCUT2D eigenvalue weighted by molar-refractivity contribution is -0.390. The summed E-state index contributed by atoms with van der Waals surface area (Å²) in [5.74, 6) is -1.07. The van der Waals surface area contributed by atoms with E-state index in [1.165, 1.54) is 29.7 Å². The molecule has 1 N–H and O–H groups in total. The zero-order valence-electron chi connectivity index (χ0n) is 10.5. The average Bonchev–Trinajstić information content (AvgIpc) is 2.92. The number of carbonyl (C=O) groups is 1. The number of rotatable bonds is 5. The first-order chi connectivity index (χ1) is 10.1. The van der Waals surface area contributed by atoms with E-state index in [-0.39, 0.29) is 5.75 Å². The Kier molecular flexibility index (Phi) is 4.43. The number of nitrogens with zero attached hydrogens (tertiary/aromatic N) is 3. The molecule has 2 rings (SSSR count). The fourth-order valence-corrected chi connectivity index (χ4v) is 2.19. The highest BCUT2D eigenvalue weighted by molar-refractivity contribution is 7.14. The quantitative estimate of drug-likeness (QED) is 0.666. The number of aromatic nitrogens is 1. The highest BCUT2D eigenvalue weighted by Gasteiger charge is 2.17. The maximum absolute atomic E-state index is 11.7. The molecular formula is C12H8N4O4S. The van der Waals surface area contributed by atoms with Gasteiger partial charge in [0.2, 0.25) is 5.75 Å². The van der Waals surface area contributed by atoms with Crippen molar-refractivity contribution in [3.8, 4) is 11.8 Å². The van der Waals surface area contributed by atoms with Crippen LogP contribution in [-0.4, -0.2) is 22.4 Å². The van der Waals surface area contributed by atoms with Crippen molar-refractivity contribution < 1.29 is 14.5 Å². The maximum atomic E-state index is 11.7. The zero-order valence-corrected chi connectivity index (χ0v) is 11.3. The van der Waals surface area contributed by atoms with E-state index in [1.54, 1.807) is 11.4 Å². The Labute approximate surface area is 122 Å². The summed E-state index contributed by atoms with van der Waals surface area (Å²) >= 11 is 1.20. The summed E-state index contributed by atoms with van der Waals surface area (Å²) in [6.07, 6.45) is 1.26. The number of hydrogen-bond acceptors (Lipinski definition) is 7. The van der Waals surface area contributed by atoms with Crippen LogP contribution in [0.4, 0.5) is 10.8 Å². The number of hydrogen-bond donors (Lipinski definition) is 1. The number of ether oxygens (including phenoxy) is 1. The molecule has 0 fully saturated rings. The third-order valence-corrected chi connectivity index (χ3v) is 3.15. The molecule has 21 heavy (non-hydrogen) atoms. The van der Waals surface area contributed by atoms with E-state index in [0.717, 1.165) is 0 Å². The zero-order chi connectivity index (χ0) is 15.2. The molecule has 0 unspecified atom stereocenters. The van der Waals surface area contributed by atoms with Crippen molar-refractivity contribution in [3.63, 3.8) is 0 Å². The Morgan fingerprint density at radius 1 is 1.57 bits per heavy atom. The molecule has 2 aromatic rings. The molecule has 0 aromatic carbocycles. The largest absolute Gasteiger partial charge is 0.476 e. The van der Waals surface area contributed by atoms with Crippen molar-refractivity contribution in [3.05, 3.63) is 45.5 Å². The normalized spacial score (nSPS) is 9.67. The van der Waals surface area contributed by atoms with E-state index in [1.807, 2.05) is 6.07 Å². The minimum absolute atomic E-state index is 0.0932. The van der Waals surface area contributed by atoms with Gasteiger partial charge in [-0.3, -0.25) is 4.79 Å². The Morgan fingerprint density at radius 3 is 3.10 bits per heavy atom. The lowest BCUT2D eigenvalue weighted by Gasteiger charge is -2.06. The van der Waals surface area contributed by atoms with Gasteiger partial charge in [-0.05, 0) is 33.5 Å². The van der Waals surface area contributed by atoms with Crippen LogP contribution in [0, 0.1) is 21.4 Å². The van der Waals surface area contributed by atoms with Gasteiger partial charge in [0.05, 0.1) is 5.56 Å². The Bertz CT molecular complexity index is 722. The molecule has 0 radical (unpaired) electrons. The topological polar surface area (TPSA) is 118 Å². The monoisotopic (exact) mass is 304 g/mol. The number of thiophene rings is 1. The molecule has 0 bridgehead atoms. The lowest BCUT2D eigenvalue weighted by atomic mass is 10.3. The van der Waals surface area contributed by atoms with E-state index < -0.39 is 23.3 Å². The van der Waals surface area contributed by atoms with Crippen molar-refractivity contribution in [2.24, 2.45) is 0 Å². The van der Waals surface area contributed by atoms with Gasteiger partial charge in [-0.15, -0.1) is 11.3 Å². The first kappa shape index (κ1) is 14.4. The summed E-state index contributed by atoms with van der Waals surface area (Å²) in [4.78, 5) is 25.3. The number of nitrogens with one attached hydrogen (secondary N) is 1. The summed E-state index contributed by atoms with van der Waals surface area (Å²) in [6, 6.07) is 6.33. The number of carbonyl (C=O) groups excluding carboxylic acids is 1. The summed E-state index contributed by atoms with van der Waals surface area (Å²) in [6.45, 7) is -0.421. The molecular weight excluding hydrogens is 296 g/mol. The second-order valence-electron chi connectivity index (χ2n) is 3.69. The van der Waals surface area contributed by atoms with Crippen LogP contribution in [0.15, 0.2) is 29.8 Å². The van der Waals surface area contributed by atoms with Crippen LogP contribution in [0.1, 0.15) is 5.56 Å². The molecule has 9 heteroatoms. The fourth-order valence-electron chi connectivity index (χ4n) is 1.43. The third kappa shape index (κ3) is 3.52. The van der Waals surface area contributed by atoms with Gasteiger partial charge in [0.1, 0.15) is 17.3 Å². The van der Waals surface area contributed by atoms with E-state index in [2.05, 4.69) is 10.3 Å². The molecule has 1 amide bonds. The van der Waals surface area contributed by atoms with Gasteiger partial charge in [-0.1, -0.05) is 0 Å². The molecule has 106 valence electrons. The fraction of sp³-hybridized carbons (Fsp3) is 0.0833. The van der Waals surface area contributed by atoms with Gasteiger partial charge in [-0.2, -0.15) is 5.26 Å². The molecule has 0 aliphatic carbocycles. The van der Waals surface area contributed by atoms with E-state index in [4.69, 9.17) is 10.00 Å². The van der Waals surface area contributed by atoms with E-state index >= 15 is 0 Å². The molecule has 0 atom stereocenters. The summed E-state index contributed by atoms with van der Waals surface area (Å²) in [5, 5.41) is 24.1. The molecule has 0 aliphatic heterocycles. The van der Waals surface area contributed by atoms with Crippen LogP contribution in [0.2, 0.25) is 0 Å². The first-order valence-electron chi connectivity index (χ1n) is 5.61. The second kappa shape index (κ2) is 6.44. The second-order valence-corrected chi connectivity index (χ2v) is 4.61. The van der Waals surface area contributed by atoms with Crippen LogP contribution in [0.5, 0.6) is 5.75 Å². The van der Waals surface area contributed by atoms with Crippen LogP contribution in [0.3, 0.4) is 0 Å². The first-order valence-corrected chi connectivity index (χ1v) is 6.49. The molecule has 2 aromatic heterocycles. The SMILES string of the molecule is N#Cc1ccsc1NC(=O)COc1cccnc1[N+](=O)[O-]. The number of amides is 1.